The van der Waals surface area contributed by atoms with Gasteiger partial charge in [-0.05, 0) is 0 Å². The van der Waals surface area contributed by atoms with Gasteiger partial charge < -0.3 is 0 Å². The van der Waals surface area contributed by atoms with Crippen LogP contribution in [0, 0.1) is 0 Å². The van der Waals surface area contributed by atoms with Gasteiger partial charge in [0.25, 0.3) is 0 Å². The molecule has 1 aromatic heterocycles. The number of benzene rings is 1. The minimum absolute atomic E-state index is 0.286. The van der Waals surface area contributed by atoms with Crippen LogP contribution in [-0.4, -0.2) is 70.0 Å². The quantitative estimate of drug-likeness (QED) is 0.226. The second-order valence-corrected chi connectivity index (χ2v) is 17.2. The van der Waals surface area contributed by atoms with Gasteiger partial charge in [0.2, 0.25) is 0 Å². The van der Waals surface area contributed by atoms with E-state index in [2.05, 4.69) is 54.0 Å². The molecule has 0 spiro atoms. The number of aromatic nitrogens is 1. The number of hydrogen-bond donors (Lipinski definition) is 1. The Balaban J connectivity index is 1.69. The maximum atomic E-state index is 11.4. The third-order valence-electron chi connectivity index (χ3n) is 5.97. The van der Waals surface area contributed by atoms with Crippen molar-refractivity contribution in [2.24, 2.45) is 7.05 Å². The van der Waals surface area contributed by atoms with Crippen LogP contribution in [0.25, 0.3) is 12.2 Å². The summed E-state index contributed by atoms with van der Waals surface area (Å²) < 4.78 is 47.5. The van der Waals surface area contributed by atoms with E-state index in [1.807, 2.05) is 35.2 Å². The van der Waals surface area contributed by atoms with Crippen LogP contribution in [0.1, 0.15) is 29.7 Å². The molecule has 1 N–H and O–H groups in total. The van der Waals surface area contributed by atoms with Gasteiger partial charge in [0, 0.05) is 0 Å². The zero-order valence-electron chi connectivity index (χ0n) is 21.4. The van der Waals surface area contributed by atoms with Gasteiger partial charge in [-0.1, -0.05) is 0 Å². The van der Waals surface area contributed by atoms with Crippen molar-refractivity contribution in [2.75, 3.05) is 37.7 Å². The van der Waals surface area contributed by atoms with Crippen LogP contribution in [0.2, 0.25) is 0 Å². The van der Waals surface area contributed by atoms with Gasteiger partial charge in [0.15, 0.2) is 0 Å². The Morgan fingerprint density at radius 1 is 1.30 bits per heavy atom. The molecule has 4 rings (SSSR count). The van der Waals surface area contributed by atoms with E-state index in [9.17, 15) is 13.0 Å². The van der Waals surface area contributed by atoms with Gasteiger partial charge in [-0.25, -0.2) is 0 Å². The first-order chi connectivity index (χ1) is 17.7. The fraction of sp³-hybridized carbons (Fsp3) is 0.400. The van der Waals surface area contributed by atoms with E-state index in [0.717, 1.165) is 22.0 Å². The SMILES string of the molecule is CCC(=Cc1sc2c([n+]1C)[Te]C(SC)C=C2)C=C1Sc2cc(OC)c(OC)cc2N1CCCS(=O)(=O)O. The number of fused-ring (bicyclic) bond motifs is 2. The van der Waals surface area contributed by atoms with Gasteiger partial charge in [0.05, 0.1) is 14.2 Å². The number of thioether (sulfide) groups is 2. The minimum Gasteiger partial charge on any atom is -0.286 e. The van der Waals surface area contributed by atoms with Crippen molar-refractivity contribution < 1.29 is 27.0 Å². The smallest absolute Gasteiger partial charge is 0.286 e. The molecule has 0 saturated carbocycles. The topological polar surface area (TPSA) is 80.0 Å². The van der Waals surface area contributed by atoms with E-state index in [4.69, 9.17) is 9.47 Å². The van der Waals surface area contributed by atoms with E-state index in [1.54, 1.807) is 26.0 Å². The Kier molecular flexibility index (Phi) is 9.65. The van der Waals surface area contributed by atoms with E-state index < -0.39 is 10.1 Å². The van der Waals surface area contributed by atoms with E-state index in [1.165, 1.54) is 19.2 Å². The molecule has 12 heteroatoms. The van der Waals surface area contributed by atoms with Gasteiger partial charge in [0.1, 0.15) is 0 Å². The number of ether oxygens (including phenoxy) is 2. The Labute approximate surface area is 241 Å². The summed E-state index contributed by atoms with van der Waals surface area (Å²) in [6, 6.07) is 3.88. The summed E-state index contributed by atoms with van der Waals surface area (Å²) in [6.45, 7) is 2.60. The first-order valence-electron chi connectivity index (χ1n) is 11.7. The molecule has 0 aliphatic carbocycles. The van der Waals surface area contributed by atoms with Crippen LogP contribution in [0.5, 0.6) is 11.5 Å². The number of thiazole rings is 1. The number of hydrogen-bond acceptors (Lipinski definition) is 8. The second kappa shape index (κ2) is 12.4. The zero-order valence-corrected chi connectivity index (χ0v) is 27.0. The Morgan fingerprint density at radius 2 is 2.03 bits per heavy atom. The zero-order chi connectivity index (χ0) is 26.7. The molecule has 0 fully saturated rings. The van der Waals surface area contributed by atoms with Crippen LogP contribution in [0.3, 0.4) is 0 Å². The molecule has 0 saturated heterocycles. The van der Waals surface area contributed by atoms with Gasteiger partial charge in [-0.15, -0.1) is 0 Å². The molecule has 37 heavy (non-hydrogen) atoms. The number of nitrogens with zero attached hydrogens (tertiary/aromatic N) is 2. The molecule has 0 radical (unpaired) electrons. The van der Waals surface area contributed by atoms with Crippen LogP contribution >= 0.6 is 34.9 Å². The van der Waals surface area contributed by atoms with Crippen molar-refractivity contribution in [2.45, 2.75) is 28.0 Å². The van der Waals surface area contributed by atoms with Crippen molar-refractivity contribution in [3.63, 3.8) is 0 Å². The molecule has 1 unspecified atom stereocenters. The maximum absolute atomic E-state index is 11.4. The fourth-order valence-electron chi connectivity index (χ4n) is 4.04. The van der Waals surface area contributed by atoms with E-state index in [-0.39, 0.29) is 26.7 Å². The van der Waals surface area contributed by atoms with Crippen molar-refractivity contribution in [1.29, 1.82) is 0 Å². The molecule has 0 bridgehead atoms. The number of methoxy groups -OCH3 is 2. The Bertz CT molecular complexity index is 1370. The summed E-state index contributed by atoms with van der Waals surface area (Å²) >= 11 is 5.11. The first-order valence-corrected chi connectivity index (χ1v) is 18.7. The summed E-state index contributed by atoms with van der Waals surface area (Å²) in [7, 11) is 1.35. The summed E-state index contributed by atoms with van der Waals surface area (Å²) in [4.78, 5) is 4.49. The third-order valence-corrected chi connectivity index (χ3v) is 15.5. The molecule has 1 atom stereocenters. The van der Waals surface area contributed by atoms with Crippen molar-refractivity contribution in [3.05, 3.63) is 44.8 Å². The second-order valence-electron chi connectivity index (χ2n) is 8.37. The number of anilines is 1. The van der Waals surface area contributed by atoms with Crippen LogP contribution in [0.15, 0.2) is 39.8 Å². The monoisotopic (exact) mass is 697 g/mol. The molecular weight excluding hydrogens is 664 g/mol. The summed E-state index contributed by atoms with van der Waals surface area (Å²) in [5, 5.41) is 2.24. The Hall–Kier alpha value is -1.13. The molecule has 0 amide bonds. The first kappa shape index (κ1) is 28.9. The van der Waals surface area contributed by atoms with E-state index >= 15 is 0 Å². The standard InChI is InChI=1S/C25H30N2O5S4Te/c1-6-16(12-22-26(2)25-20(34-22)8-9-24(33-5)37-25)13-23-27(10-7-11-36(28,29)30)17-14-18(31-3)19(32-4)15-21(17)35-23/h8-9,12-15,24H,6-7,10-11H2,1-5H3/p+1. The molecule has 1 aromatic carbocycles. The summed E-state index contributed by atoms with van der Waals surface area (Å²) in [5.74, 6) is 0.979. The molecule has 2 aromatic rings. The number of rotatable bonds is 10. The molecule has 200 valence electrons. The molecule has 2 aliphatic rings. The summed E-state index contributed by atoms with van der Waals surface area (Å²) in [6.07, 6.45) is 12.4. The average molecular weight is 695 g/mol. The molecule has 3 heterocycles. The predicted molar refractivity (Wildman–Crippen MR) is 157 cm³/mol. The normalized spacial score (nSPS) is 18.3. The molecule has 2 aliphatic heterocycles. The van der Waals surface area contributed by atoms with Crippen molar-refractivity contribution in [1.82, 2.24) is 0 Å². The molecular formula is C25H31N2O5S4Te+. The van der Waals surface area contributed by atoms with Gasteiger partial charge in [-0.2, -0.15) is 8.42 Å². The van der Waals surface area contributed by atoms with Crippen LogP contribution < -0.4 is 22.7 Å². The fourth-order valence-corrected chi connectivity index (χ4v) is 11.7. The van der Waals surface area contributed by atoms with Crippen molar-refractivity contribution in [3.8, 4) is 11.5 Å². The van der Waals surface area contributed by atoms with E-state index in [0.29, 0.717) is 27.8 Å². The number of allylic oxidation sites excluding steroid dienone is 2. The summed E-state index contributed by atoms with van der Waals surface area (Å²) in [5.41, 5.74) is 2.13. The van der Waals surface area contributed by atoms with Gasteiger partial charge >= 0.3 is 216 Å². The molecule has 7 nitrogen and oxygen atoms in total. The predicted octanol–water partition coefficient (Wildman–Crippen LogP) is 4.16. The Morgan fingerprint density at radius 3 is 2.68 bits per heavy atom. The van der Waals surface area contributed by atoms with Crippen molar-refractivity contribution >= 4 is 87.5 Å². The third kappa shape index (κ3) is 6.72. The average Bonchev–Trinajstić information content (AvgIpc) is 3.37. The minimum atomic E-state index is -4.03. The van der Waals surface area contributed by atoms with Crippen LogP contribution in [-0.2, 0) is 17.2 Å². The van der Waals surface area contributed by atoms with Crippen LogP contribution in [0.4, 0.5) is 5.69 Å². The van der Waals surface area contributed by atoms with Gasteiger partial charge in [-0.3, -0.25) is 4.55 Å².